The van der Waals surface area contributed by atoms with Crippen molar-refractivity contribution in [1.29, 1.82) is 0 Å². The fourth-order valence-electron chi connectivity index (χ4n) is 1.34. The first kappa shape index (κ1) is 7.29. The second-order valence-electron chi connectivity index (χ2n) is 3.02. The summed E-state index contributed by atoms with van der Waals surface area (Å²) in [4.78, 5) is 4.35. The SMILES string of the molecule is Cc1cnc2c(c1)=CC=CCC=2. The number of fused-ring (bicyclic) bond motifs is 1. The number of nitrogens with zero attached hydrogens (tertiary/aromatic N) is 1. The van der Waals surface area contributed by atoms with Crippen LogP contribution in [0.5, 0.6) is 0 Å². The Labute approximate surface area is 71.8 Å². The van der Waals surface area contributed by atoms with Crippen molar-refractivity contribution in [2.24, 2.45) is 0 Å². The van der Waals surface area contributed by atoms with Crippen molar-refractivity contribution in [3.05, 3.63) is 40.5 Å². The first-order valence-corrected chi connectivity index (χ1v) is 4.16. The van der Waals surface area contributed by atoms with Crippen molar-refractivity contribution in [3.63, 3.8) is 0 Å². The highest BCUT2D eigenvalue weighted by Crippen LogP contribution is 1.89. The first-order chi connectivity index (χ1) is 5.86. The van der Waals surface area contributed by atoms with Crippen LogP contribution in [0.1, 0.15) is 12.0 Å². The third kappa shape index (κ3) is 1.30. The van der Waals surface area contributed by atoms with E-state index in [2.05, 4.69) is 42.3 Å². The third-order valence-corrected chi connectivity index (χ3v) is 1.95. The fraction of sp³-hybridized carbons (Fsp3) is 0.182. The smallest absolute Gasteiger partial charge is 0.0665 e. The zero-order chi connectivity index (χ0) is 8.39. The van der Waals surface area contributed by atoms with Crippen molar-refractivity contribution in [1.82, 2.24) is 4.98 Å². The Bertz CT molecular complexity index is 427. The summed E-state index contributed by atoms with van der Waals surface area (Å²) in [6.45, 7) is 2.07. The number of aromatic nitrogens is 1. The van der Waals surface area contributed by atoms with Gasteiger partial charge in [-0.3, -0.25) is 4.98 Å². The Morgan fingerprint density at radius 1 is 1.42 bits per heavy atom. The molecule has 1 heterocycles. The number of hydrogen-bond acceptors (Lipinski definition) is 1. The predicted molar refractivity (Wildman–Crippen MR) is 50.9 cm³/mol. The second kappa shape index (κ2) is 2.94. The molecule has 1 heteroatoms. The molecule has 0 saturated heterocycles. The van der Waals surface area contributed by atoms with Crippen LogP contribution in [0.4, 0.5) is 0 Å². The molecule has 0 bridgehead atoms. The van der Waals surface area contributed by atoms with Crippen LogP contribution in [0.25, 0.3) is 12.2 Å². The lowest BCUT2D eigenvalue weighted by atomic mass is 10.2. The quantitative estimate of drug-likeness (QED) is 0.545. The topological polar surface area (TPSA) is 12.9 Å². The van der Waals surface area contributed by atoms with Crippen LogP contribution in [0, 0.1) is 6.92 Å². The van der Waals surface area contributed by atoms with Crippen LogP contribution in [-0.4, -0.2) is 4.98 Å². The van der Waals surface area contributed by atoms with Gasteiger partial charge in [-0.25, -0.2) is 0 Å². The molecule has 1 aliphatic carbocycles. The Hall–Kier alpha value is -1.37. The van der Waals surface area contributed by atoms with E-state index in [-0.39, 0.29) is 0 Å². The Morgan fingerprint density at radius 3 is 3.25 bits per heavy atom. The van der Waals surface area contributed by atoms with Crippen LogP contribution in [0.3, 0.4) is 0 Å². The predicted octanol–water partition coefficient (Wildman–Crippen LogP) is 0.911. The average molecular weight is 157 g/mol. The van der Waals surface area contributed by atoms with Gasteiger partial charge in [-0.1, -0.05) is 24.3 Å². The van der Waals surface area contributed by atoms with E-state index in [0.29, 0.717) is 0 Å². The van der Waals surface area contributed by atoms with E-state index in [1.807, 2.05) is 6.20 Å². The molecule has 0 atom stereocenters. The number of hydrogen-bond donors (Lipinski definition) is 0. The van der Waals surface area contributed by atoms with Gasteiger partial charge in [0.2, 0.25) is 0 Å². The molecular formula is C11H11N. The highest BCUT2D eigenvalue weighted by Gasteiger charge is 1.89. The third-order valence-electron chi connectivity index (χ3n) is 1.95. The molecule has 12 heavy (non-hydrogen) atoms. The molecule has 0 spiro atoms. The molecule has 0 unspecified atom stereocenters. The second-order valence-corrected chi connectivity index (χ2v) is 3.02. The highest BCUT2D eigenvalue weighted by atomic mass is 14.6. The van der Waals surface area contributed by atoms with Gasteiger partial charge < -0.3 is 0 Å². The monoisotopic (exact) mass is 157 g/mol. The minimum Gasteiger partial charge on any atom is -0.256 e. The van der Waals surface area contributed by atoms with Crippen LogP contribution < -0.4 is 10.6 Å². The Kier molecular flexibility index (Phi) is 1.78. The Morgan fingerprint density at radius 2 is 2.33 bits per heavy atom. The van der Waals surface area contributed by atoms with Gasteiger partial charge in [0.15, 0.2) is 0 Å². The van der Waals surface area contributed by atoms with E-state index in [1.54, 1.807) is 0 Å². The summed E-state index contributed by atoms with van der Waals surface area (Å²) in [6, 6.07) is 2.16. The molecule has 0 saturated carbocycles. The molecule has 0 N–H and O–H groups in total. The summed E-state index contributed by atoms with van der Waals surface area (Å²) in [5, 5.41) is 2.33. The van der Waals surface area contributed by atoms with Crippen molar-refractivity contribution >= 4 is 12.2 Å². The summed E-state index contributed by atoms with van der Waals surface area (Å²) in [5.74, 6) is 0. The van der Waals surface area contributed by atoms with E-state index < -0.39 is 0 Å². The van der Waals surface area contributed by atoms with Crippen LogP contribution in [0.15, 0.2) is 24.4 Å². The summed E-state index contributed by atoms with van der Waals surface area (Å²) in [7, 11) is 0. The summed E-state index contributed by atoms with van der Waals surface area (Å²) >= 11 is 0. The number of aryl methyl sites for hydroxylation is 1. The van der Waals surface area contributed by atoms with Crippen LogP contribution in [-0.2, 0) is 0 Å². The number of rotatable bonds is 0. The molecule has 0 fully saturated rings. The lowest BCUT2D eigenvalue weighted by molar-refractivity contribution is 1.17. The van der Waals surface area contributed by atoms with Gasteiger partial charge in [-0.2, -0.15) is 0 Å². The average Bonchev–Trinajstić information content (AvgIpc) is 2.28. The van der Waals surface area contributed by atoms with E-state index in [1.165, 1.54) is 10.8 Å². The summed E-state index contributed by atoms with van der Waals surface area (Å²) in [6.07, 6.45) is 11.4. The Balaban J connectivity index is 2.79. The van der Waals surface area contributed by atoms with Crippen molar-refractivity contribution < 1.29 is 0 Å². The molecule has 0 aromatic carbocycles. The standard InChI is InChI=1S/C11H11N/c1-9-7-10-5-3-2-4-6-11(10)12-8-9/h2-3,5-8H,4H2,1H3. The van der Waals surface area contributed by atoms with Crippen molar-refractivity contribution in [2.75, 3.05) is 0 Å². The first-order valence-electron chi connectivity index (χ1n) is 4.16. The van der Waals surface area contributed by atoms with Gasteiger partial charge in [0, 0.05) is 11.4 Å². The van der Waals surface area contributed by atoms with Crippen molar-refractivity contribution in [3.8, 4) is 0 Å². The van der Waals surface area contributed by atoms with Gasteiger partial charge in [0.1, 0.15) is 0 Å². The molecule has 0 aliphatic heterocycles. The molecule has 60 valence electrons. The molecule has 1 nitrogen and oxygen atoms in total. The molecule has 1 aliphatic rings. The van der Waals surface area contributed by atoms with Gasteiger partial charge in [-0.05, 0) is 25.0 Å². The van der Waals surface area contributed by atoms with Gasteiger partial charge in [-0.15, -0.1) is 0 Å². The minimum absolute atomic E-state index is 0.986. The maximum atomic E-state index is 4.35. The normalized spacial score (nSPS) is 14.1. The molecule has 0 amide bonds. The zero-order valence-electron chi connectivity index (χ0n) is 7.12. The lowest BCUT2D eigenvalue weighted by Gasteiger charge is -1.90. The highest BCUT2D eigenvalue weighted by molar-refractivity contribution is 5.43. The molecule has 0 radical (unpaired) electrons. The largest absolute Gasteiger partial charge is 0.256 e. The van der Waals surface area contributed by atoms with Gasteiger partial charge in [0.05, 0.1) is 5.35 Å². The fourth-order valence-corrected chi connectivity index (χ4v) is 1.34. The van der Waals surface area contributed by atoms with E-state index in [9.17, 15) is 0 Å². The van der Waals surface area contributed by atoms with E-state index in [4.69, 9.17) is 0 Å². The van der Waals surface area contributed by atoms with Crippen LogP contribution in [0.2, 0.25) is 0 Å². The summed E-state index contributed by atoms with van der Waals surface area (Å²) < 4.78 is 0. The number of allylic oxidation sites excluding steroid dienone is 2. The summed E-state index contributed by atoms with van der Waals surface area (Å²) in [5.41, 5.74) is 1.22. The lowest BCUT2D eigenvalue weighted by Crippen LogP contribution is -2.27. The van der Waals surface area contributed by atoms with E-state index in [0.717, 1.165) is 11.8 Å². The molecule has 1 aromatic rings. The number of pyridine rings is 1. The van der Waals surface area contributed by atoms with Crippen molar-refractivity contribution in [2.45, 2.75) is 13.3 Å². The van der Waals surface area contributed by atoms with Gasteiger partial charge >= 0.3 is 0 Å². The minimum atomic E-state index is 0.986. The molecular weight excluding hydrogens is 146 g/mol. The van der Waals surface area contributed by atoms with Gasteiger partial charge in [0.25, 0.3) is 0 Å². The van der Waals surface area contributed by atoms with E-state index >= 15 is 0 Å². The van der Waals surface area contributed by atoms with Crippen LogP contribution >= 0.6 is 0 Å². The zero-order valence-corrected chi connectivity index (χ0v) is 7.12. The maximum Gasteiger partial charge on any atom is 0.0665 e. The maximum absolute atomic E-state index is 4.35. The molecule has 2 rings (SSSR count). The molecule has 1 aromatic heterocycles.